The van der Waals surface area contributed by atoms with Crippen molar-refractivity contribution in [1.29, 1.82) is 5.26 Å². The minimum Gasteiger partial charge on any atom is -0.499 e. The molecule has 10 heteroatoms. The third kappa shape index (κ3) is 6.20. The number of nitrogens with zero attached hydrogens (tertiary/aromatic N) is 3. The summed E-state index contributed by atoms with van der Waals surface area (Å²) in [4.78, 5) is 36.2. The number of rotatable bonds is 9. The van der Waals surface area contributed by atoms with E-state index in [2.05, 4.69) is 0 Å². The lowest BCUT2D eigenvalue weighted by Gasteiger charge is -2.17. The zero-order valence-electron chi connectivity index (χ0n) is 17.4. The van der Waals surface area contributed by atoms with Gasteiger partial charge in [0.1, 0.15) is 17.7 Å². The molecule has 0 aromatic heterocycles. The normalized spacial score (nSPS) is 11.0. The van der Waals surface area contributed by atoms with Gasteiger partial charge in [0.25, 0.3) is 5.91 Å². The Morgan fingerprint density at radius 3 is 2.33 bits per heavy atom. The van der Waals surface area contributed by atoms with Crippen molar-refractivity contribution in [3.63, 3.8) is 0 Å². The lowest BCUT2D eigenvalue weighted by atomic mass is 10.1. The average Bonchev–Trinajstić information content (AvgIpc) is 2.72. The Morgan fingerprint density at radius 2 is 1.87 bits per heavy atom. The van der Waals surface area contributed by atoms with E-state index in [0.717, 1.165) is 18.2 Å². The van der Waals surface area contributed by atoms with Crippen molar-refractivity contribution in [2.75, 3.05) is 13.1 Å². The number of phenols is 1. The molecule has 1 N–H and O–H groups in total. The summed E-state index contributed by atoms with van der Waals surface area (Å²) in [7, 11) is 0. The fourth-order valence-corrected chi connectivity index (χ4v) is 2.61. The molecule has 1 amide bonds. The minimum absolute atomic E-state index is 0.0295. The largest absolute Gasteiger partial charge is 0.514 e. The van der Waals surface area contributed by atoms with Gasteiger partial charge in [-0.2, -0.15) is 5.26 Å². The second kappa shape index (κ2) is 11.4. The van der Waals surface area contributed by atoms with E-state index in [1.807, 2.05) is 13.8 Å². The first-order valence-electron chi connectivity index (χ1n) is 9.53. The number of nitro groups is 1. The molecule has 0 unspecified atom stereocenters. The van der Waals surface area contributed by atoms with Crippen LogP contribution in [0, 0.1) is 21.4 Å². The summed E-state index contributed by atoms with van der Waals surface area (Å²) in [5.74, 6) is -1.93. The van der Waals surface area contributed by atoms with Crippen molar-refractivity contribution >= 4 is 23.8 Å². The lowest BCUT2D eigenvalue weighted by molar-refractivity contribution is -0.385. The third-order valence-electron chi connectivity index (χ3n) is 4.35. The molecule has 162 valence electrons. The van der Waals surface area contributed by atoms with E-state index in [1.165, 1.54) is 4.90 Å². The predicted octanol–water partition coefficient (Wildman–Crippen LogP) is 3.78. The molecule has 0 fully saturated rings. The van der Waals surface area contributed by atoms with Crippen LogP contribution >= 0.6 is 0 Å². The quantitative estimate of drug-likeness (QED) is 0.159. The summed E-state index contributed by atoms with van der Waals surface area (Å²) in [5, 5.41) is 30.7. The highest BCUT2D eigenvalue weighted by Crippen LogP contribution is 2.38. The van der Waals surface area contributed by atoms with Crippen LogP contribution in [0.25, 0.3) is 6.08 Å². The number of carbonyl (C=O) groups excluding carboxylic acids is 2. The van der Waals surface area contributed by atoms with Crippen molar-refractivity contribution < 1.29 is 29.1 Å². The van der Waals surface area contributed by atoms with E-state index in [-0.39, 0.29) is 11.1 Å². The second-order valence-electron chi connectivity index (χ2n) is 6.20. The molecule has 10 nitrogen and oxygen atoms in total. The van der Waals surface area contributed by atoms with Gasteiger partial charge in [-0.1, -0.05) is 13.8 Å². The fraction of sp³-hybridized carbons (Fsp3) is 0.450. The summed E-state index contributed by atoms with van der Waals surface area (Å²) in [6, 6.07) is 3.86. The number of likely N-dealkylation sites (N-methyl/N-ethyl adjacent to an activating group) is 1. The van der Waals surface area contributed by atoms with Gasteiger partial charge < -0.3 is 19.5 Å². The molecule has 30 heavy (non-hydrogen) atoms. The van der Waals surface area contributed by atoms with Gasteiger partial charge >= 0.3 is 11.8 Å². The topological polar surface area (TPSA) is 143 Å². The first kappa shape index (κ1) is 24.4. The van der Waals surface area contributed by atoms with Crippen molar-refractivity contribution in [2.24, 2.45) is 0 Å². The molecule has 1 rings (SSSR count). The van der Waals surface area contributed by atoms with Gasteiger partial charge in [0.2, 0.25) is 5.75 Å². The highest BCUT2D eigenvalue weighted by atomic mass is 16.7. The van der Waals surface area contributed by atoms with Crippen molar-refractivity contribution in [3.8, 4) is 17.6 Å². The number of ether oxygens (including phenoxy) is 2. The van der Waals surface area contributed by atoms with Crippen LogP contribution in [0.5, 0.6) is 11.5 Å². The van der Waals surface area contributed by atoms with Crippen LogP contribution in [0.15, 0.2) is 17.7 Å². The number of nitro benzene ring substituents is 1. The van der Waals surface area contributed by atoms with Crippen LogP contribution in [-0.4, -0.2) is 46.2 Å². The molecule has 0 heterocycles. The van der Waals surface area contributed by atoms with Crippen LogP contribution in [0.1, 0.15) is 46.1 Å². The van der Waals surface area contributed by atoms with Gasteiger partial charge in [0.15, 0.2) is 5.75 Å². The van der Waals surface area contributed by atoms with Gasteiger partial charge in [-0.25, -0.2) is 4.79 Å². The van der Waals surface area contributed by atoms with Gasteiger partial charge in [0, 0.05) is 19.2 Å². The van der Waals surface area contributed by atoms with Crippen LogP contribution in [-0.2, 0) is 9.53 Å². The molecule has 0 radical (unpaired) electrons. The number of benzene rings is 1. The molecule has 0 atom stereocenters. The molecule has 0 aliphatic carbocycles. The van der Waals surface area contributed by atoms with Gasteiger partial charge in [-0.3, -0.25) is 14.9 Å². The van der Waals surface area contributed by atoms with Gasteiger partial charge in [0.05, 0.1) is 4.92 Å². The summed E-state index contributed by atoms with van der Waals surface area (Å²) < 4.78 is 10.0. The number of amides is 1. The molecule has 0 spiro atoms. The summed E-state index contributed by atoms with van der Waals surface area (Å²) in [6.07, 6.45) is 0.675. The van der Waals surface area contributed by atoms with E-state index in [0.29, 0.717) is 25.9 Å². The van der Waals surface area contributed by atoms with E-state index >= 15 is 0 Å². The van der Waals surface area contributed by atoms with Crippen LogP contribution in [0.4, 0.5) is 10.5 Å². The average molecular weight is 419 g/mol. The first-order valence-corrected chi connectivity index (χ1v) is 9.53. The molecule has 1 aromatic rings. The SMILES string of the molecule is CCC(CC)OC(=O)Oc1cc(/C=C(/C#N)C(=O)N(CC)CC)cc([N+](=O)[O-])c1O. The molecule has 0 bridgehead atoms. The molecule has 1 aromatic carbocycles. The van der Waals surface area contributed by atoms with Crippen molar-refractivity contribution in [2.45, 2.75) is 46.6 Å². The maximum absolute atomic E-state index is 12.4. The number of carbonyl (C=O) groups is 2. The number of hydrogen-bond acceptors (Lipinski definition) is 8. The summed E-state index contributed by atoms with van der Waals surface area (Å²) in [6.45, 7) is 7.87. The summed E-state index contributed by atoms with van der Waals surface area (Å²) >= 11 is 0. The Bertz CT molecular complexity index is 866. The maximum Gasteiger partial charge on any atom is 0.514 e. The zero-order valence-corrected chi connectivity index (χ0v) is 17.4. The highest BCUT2D eigenvalue weighted by molar-refractivity contribution is 6.01. The van der Waals surface area contributed by atoms with Crippen LogP contribution < -0.4 is 4.74 Å². The maximum atomic E-state index is 12.4. The molecule has 0 aliphatic heterocycles. The number of aromatic hydroxyl groups is 1. The molecular formula is C20H25N3O7. The first-order chi connectivity index (χ1) is 14.2. The Morgan fingerprint density at radius 1 is 1.27 bits per heavy atom. The number of phenolic OH excluding ortho intramolecular Hbond substituents is 1. The molecule has 0 saturated carbocycles. The standard InChI is InChI=1S/C20H25N3O7/c1-5-15(6-2)29-20(26)30-17-11-13(10-16(18(17)24)23(27)28)9-14(12-21)19(25)22(7-3)8-4/h9-11,15,24H,5-8H2,1-4H3/b14-9-. The zero-order chi connectivity index (χ0) is 22.8. The number of nitriles is 1. The molecular weight excluding hydrogens is 394 g/mol. The Balaban J connectivity index is 3.37. The predicted molar refractivity (Wildman–Crippen MR) is 108 cm³/mol. The smallest absolute Gasteiger partial charge is 0.499 e. The minimum atomic E-state index is -1.13. The van der Waals surface area contributed by atoms with Crippen molar-refractivity contribution in [3.05, 3.63) is 33.4 Å². The Kier molecular flexibility index (Phi) is 9.29. The molecule has 0 aliphatic rings. The Hall–Kier alpha value is -3.61. The monoisotopic (exact) mass is 419 g/mol. The van der Waals surface area contributed by atoms with E-state index in [1.54, 1.807) is 19.9 Å². The van der Waals surface area contributed by atoms with E-state index < -0.39 is 40.3 Å². The fourth-order valence-electron chi connectivity index (χ4n) is 2.61. The third-order valence-corrected chi connectivity index (χ3v) is 4.35. The van der Waals surface area contributed by atoms with Crippen LogP contribution in [0.3, 0.4) is 0 Å². The van der Waals surface area contributed by atoms with Crippen LogP contribution in [0.2, 0.25) is 0 Å². The van der Waals surface area contributed by atoms with Gasteiger partial charge in [-0.05, 0) is 44.4 Å². The van der Waals surface area contributed by atoms with Gasteiger partial charge in [-0.15, -0.1) is 0 Å². The lowest BCUT2D eigenvalue weighted by Crippen LogP contribution is -2.31. The highest BCUT2D eigenvalue weighted by Gasteiger charge is 2.24. The number of hydrogen-bond donors (Lipinski definition) is 1. The van der Waals surface area contributed by atoms with Crippen molar-refractivity contribution in [1.82, 2.24) is 4.90 Å². The second-order valence-corrected chi connectivity index (χ2v) is 6.20. The van der Waals surface area contributed by atoms with E-state index in [4.69, 9.17) is 9.47 Å². The summed E-state index contributed by atoms with van der Waals surface area (Å²) in [5.41, 5.74) is -0.979. The molecule has 0 saturated heterocycles. The van der Waals surface area contributed by atoms with E-state index in [9.17, 15) is 30.1 Å². The Labute approximate surface area is 174 Å².